The quantitative estimate of drug-likeness (QED) is 0.845. The molecule has 100 valence electrons. The first-order valence-electron chi connectivity index (χ1n) is 6.12. The number of carbonyl (C=O) groups excluding carboxylic acids is 1. The summed E-state index contributed by atoms with van der Waals surface area (Å²) < 4.78 is 13.5. The van der Waals surface area contributed by atoms with Gasteiger partial charge in [0, 0.05) is 6.54 Å². The van der Waals surface area contributed by atoms with Gasteiger partial charge in [0.05, 0.1) is 11.7 Å². The predicted molar refractivity (Wildman–Crippen MR) is 68.9 cm³/mol. The average molecular weight is 253 g/mol. The molecule has 1 atom stereocenters. The molecule has 0 spiro atoms. The summed E-state index contributed by atoms with van der Waals surface area (Å²) in [6.07, 6.45) is 0.0129. The minimum absolute atomic E-state index is 0.0114. The van der Waals surface area contributed by atoms with E-state index in [1.54, 1.807) is 13.0 Å². The molecule has 0 radical (unpaired) electrons. The molecule has 1 unspecified atom stereocenters. The second kappa shape index (κ2) is 6.50. The second-order valence-electron chi connectivity index (χ2n) is 4.98. The van der Waals surface area contributed by atoms with E-state index in [1.165, 1.54) is 12.1 Å². The van der Waals surface area contributed by atoms with Gasteiger partial charge in [0.25, 0.3) is 5.91 Å². The third-order valence-corrected chi connectivity index (χ3v) is 2.61. The van der Waals surface area contributed by atoms with Crippen molar-refractivity contribution in [3.05, 3.63) is 35.1 Å². The van der Waals surface area contributed by atoms with Crippen molar-refractivity contribution in [2.45, 2.75) is 33.3 Å². The normalized spacial score (nSPS) is 12.6. The highest BCUT2D eigenvalue weighted by Gasteiger charge is 2.13. The molecule has 1 aromatic carbocycles. The van der Waals surface area contributed by atoms with Crippen LogP contribution in [0.5, 0.6) is 0 Å². The number of amides is 1. The van der Waals surface area contributed by atoms with E-state index in [4.69, 9.17) is 0 Å². The number of aliphatic hydroxyl groups excluding tert-OH is 1. The van der Waals surface area contributed by atoms with Gasteiger partial charge in [-0.2, -0.15) is 0 Å². The number of hydrogen-bond donors (Lipinski definition) is 2. The Morgan fingerprint density at radius 2 is 2.11 bits per heavy atom. The summed E-state index contributed by atoms with van der Waals surface area (Å²) in [5.41, 5.74) is 0.779. The zero-order valence-electron chi connectivity index (χ0n) is 11.0. The third-order valence-electron chi connectivity index (χ3n) is 2.61. The molecule has 0 bridgehead atoms. The van der Waals surface area contributed by atoms with E-state index in [-0.39, 0.29) is 12.1 Å². The standard InChI is InChI=1S/C14H20FNO2/c1-9(2)6-11(17)8-16-14(18)12-5-4-10(3)7-13(12)15/h4-5,7,9,11,17H,6,8H2,1-3H3,(H,16,18). The monoisotopic (exact) mass is 253 g/mol. The van der Waals surface area contributed by atoms with Gasteiger partial charge in [0.15, 0.2) is 0 Å². The highest BCUT2D eigenvalue weighted by Crippen LogP contribution is 2.10. The number of hydrogen-bond acceptors (Lipinski definition) is 2. The lowest BCUT2D eigenvalue weighted by atomic mass is 10.1. The largest absolute Gasteiger partial charge is 0.391 e. The van der Waals surface area contributed by atoms with Gasteiger partial charge in [0.2, 0.25) is 0 Å². The lowest BCUT2D eigenvalue weighted by molar-refractivity contribution is 0.0896. The number of rotatable bonds is 5. The van der Waals surface area contributed by atoms with Crippen molar-refractivity contribution >= 4 is 5.91 Å². The summed E-state index contributed by atoms with van der Waals surface area (Å²) in [4.78, 5) is 11.7. The summed E-state index contributed by atoms with van der Waals surface area (Å²) >= 11 is 0. The summed E-state index contributed by atoms with van der Waals surface area (Å²) in [6.45, 7) is 5.89. The van der Waals surface area contributed by atoms with Crippen molar-refractivity contribution in [3.8, 4) is 0 Å². The first-order valence-corrected chi connectivity index (χ1v) is 6.12. The van der Waals surface area contributed by atoms with Crippen LogP contribution in [0, 0.1) is 18.7 Å². The van der Waals surface area contributed by atoms with Crippen LogP contribution >= 0.6 is 0 Å². The Bertz CT molecular complexity index is 418. The molecule has 1 amide bonds. The second-order valence-corrected chi connectivity index (χ2v) is 4.98. The molecule has 18 heavy (non-hydrogen) atoms. The highest BCUT2D eigenvalue weighted by molar-refractivity contribution is 5.94. The number of carbonyl (C=O) groups is 1. The predicted octanol–water partition coefficient (Wildman–Crippen LogP) is 2.27. The minimum atomic E-state index is -0.595. The van der Waals surface area contributed by atoms with Crippen molar-refractivity contribution in [1.29, 1.82) is 0 Å². The van der Waals surface area contributed by atoms with Crippen molar-refractivity contribution in [3.63, 3.8) is 0 Å². The summed E-state index contributed by atoms with van der Waals surface area (Å²) in [6, 6.07) is 4.46. The molecule has 0 aliphatic carbocycles. The summed E-state index contributed by atoms with van der Waals surface area (Å²) in [5, 5.41) is 12.2. The highest BCUT2D eigenvalue weighted by atomic mass is 19.1. The van der Waals surface area contributed by atoms with E-state index in [0.717, 1.165) is 5.56 Å². The zero-order chi connectivity index (χ0) is 13.7. The summed E-state index contributed by atoms with van der Waals surface area (Å²) in [7, 11) is 0. The van der Waals surface area contributed by atoms with Crippen LogP contribution in [-0.4, -0.2) is 23.7 Å². The van der Waals surface area contributed by atoms with Crippen molar-refractivity contribution < 1.29 is 14.3 Å². The van der Waals surface area contributed by atoms with Crippen molar-refractivity contribution in [2.75, 3.05) is 6.54 Å². The molecule has 1 rings (SSSR count). The Morgan fingerprint density at radius 3 is 2.67 bits per heavy atom. The van der Waals surface area contributed by atoms with Gasteiger partial charge in [-0.25, -0.2) is 4.39 Å². The van der Waals surface area contributed by atoms with Crippen LogP contribution < -0.4 is 5.32 Å². The number of benzene rings is 1. The van der Waals surface area contributed by atoms with Gasteiger partial charge in [-0.3, -0.25) is 4.79 Å². The van der Waals surface area contributed by atoms with Gasteiger partial charge >= 0.3 is 0 Å². The molecule has 2 N–H and O–H groups in total. The molecule has 4 heteroatoms. The fraction of sp³-hybridized carbons (Fsp3) is 0.500. The van der Waals surface area contributed by atoms with Gasteiger partial charge in [-0.15, -0.1) is 0 Å². The summed E-state index contributed by atoms with van der Waals surface area (Å²) in [5.74, 6) is -0.672. The molecule has 3 nitrogen and oxygen atoms in total. The fourth-order valence-corrected chi connectivity index (χ4v) is 1.74. The first kappa shape index (κ1) is 14.6. The SMILES string of the molecule is Cc1ccc(C(=O)NCC(O)CC(C)C)c(F)c1. The minimum Gasteiger partial charge on any atom is -0.391 e. The smallest absolute Gasteiger partial charge is 0.254 e. The topological polar surface area (TPSA) is 49.3 Å². The van der Waals surface area contributed by atoms with E-state index in [0.29, 0.717) is 12.3 Å². The van der Waals surface area contributed by atoms with Gasteiger partial charge < -0.3 is 10.4 Å². The number of halogens is 1. The van der Waals surface area contributed by atoms with Gasteiger partial charge in [0.1, 0.15) is 5.82 Å². The lowest BCUT2D eigenvalue weighted by Crippen LogP contribution is -2.33. The molecular weight excluding hydrogens is 233 g/mol. The zero-order valence-corrected chi connectivity index (χ0v) is 11.0. The average Bonchev–Trinajstić information content (AvgIpc) is 2.25. The van der Waals surface area contributed by atoms with Gasteiger partial charge in [-0.1, -0.05) is 19.9 Å². The molecule has 0 saturated heterocycles. The molecule has 0 aliphatic rings. The van der Waals surface area contributed by atoms with Gasteiger partial charge in [-0.05, 0) is 37.0 Å². The third kappa shape index (κ3) is 4.45. The van der Waals surface area contributed by atoms with Crippen molar-refractivity contribution in [1.82, 2.24) is 5.32 Å². The number of aryl methyl sites for hydroxylation is 1. The molecular formula is C14H20FNO2. The van der Waals surface area contributed by atoms with E-state index >= 15 is 0 Å². The Hall–Kier alpha value is -1.42. The molecule has 1 aromatic rings. The first-order chi connectivity index (χ1) is 8.40. The van der Waals surface area contributed by atoms with E-state index in [2.05, 4.69) is 5.32 Å². The molecule has 0 heterocycles. The number of nitrogens with one attached hydrogen (secondary N) is 1. The van der Waals surface area contributed by atoms with Crippen LogP contribution in [0.1, 0.15) is 36.2 Å². The van der Waals surface area contributed by atoms with Crippen molar-refractivity contribution in [2.24, 2.45) is 5.92 Å². The Morgan fingerprint density at radius 1 is 1.44 bits per heavy atom. The molecule has 0 saturated carbocycles. The maximum Gasteiger partial charge on any atom is 0.254 e. The number of aliphatic hydroxyl groups is 1. The van der Waals surface area contributed by atoms with Crippen LogP contribution in [-0.2, 0) is 0 Å². The van der Waals surface area contributed by atoms with Crippen LogP contribution in [0.2, 0.25) is 0 Å². The van der Waals surface area contributed by atoms with E-state index < -0.39 is 17.8 Å². The van der Waals surface area contributed by atoms with Crippen LogP contribution in [0.3, 0.4) is 0 Å². The van der Waals surface area contributed by atoms with E-state index in [9.17, 15) is 14.3 Å². The lowest BCUT2D eigenvalue weighted by Gasteiger charge is -2.14. The van der Waals surface area contributed by atoms with Crippen LogP contribution in [0.25, 0.3) is 0 Å². The maximum atomic E-state index is 13.5. The Kier molecular flexibility index (Phi) is 5.28. The van der Waals surface area contributed by atoms with Crippen LogP contribution in [0.4, 0.5) is 4.39 Å². The van der Waals surface area contributed by atoms with E-state index in [1.807, 2.05) is 13.8 Å². The maximum absolute atomic E-state index is 13.5. The Labute approximate surface area is 107 Å². The molecule has 0 fully saturated rings. The molecule has 0 aliphatic heterocycles. The Balaban J connectivity index is 2.55. The molecule has 0 aromatic heterocycles. The fourth-order valence-electron chi connectivity index (χ4n) is 1.74. The van der Waals surface area contributed by atoms with Crippen LogP contribution in [0.15, 0.2) is 18.2 Å².